The molecule has 0 saturated heterocycles. The Morgan fingerprint density at radius 2 is 2.29 bits per heavy atom. The molecule has 0 bridgehead atoms. The van der Waals surface area contributed by atoms with Crippen LogP contribution in [0.1, 0.15) is 12.3 Å². The summed E-state index contributed by atoms with van der Waals surface area (Å²) in [6, 6.07) is 4.16. The highest BCUT2D eigenvalue weighted by atomic mass is 32.1. The standard InChI is InChI=1S/C5H6S.CH4/c1-5-3-2-4-6-5;/h2-4H,1H3;1H4. The van der Waals surface area contributed by atoms with E-state index in [2.05, 4.69) is 24.4 Å². The van der Waals surface area contributed by atoms with E-state index >= 15 is 0 Å². The Balaban J connectivity index is 0.000000360. The van der Waals surface area contributed by atoms with Crippen LogP contribution in [0.4, 0.5) is 0 Å². The molecule has 1 rings (SSSR count). The molecule has 0 radical (unpaired) electrons. The third-order valence-electron chi connectivity index (χ3n) is 0.663. The lowest BCUT2D eigenvalue weighted by atomic mass is 10.5. The second kappa shape index (κ2) is 2.80. The van der Waals surface area contributed by atoms with Gasteiger partial charge < -0.3 is 0 Å². The van der Waals surface area contributed by atoms with Crippen molar-refractivity contribution in [3.05, 3.63) is 22.4 Å². The van der Waals surface area contributed by atoms with E-state index in [1.165, 1.54) is 4.88 Å². The van der Waals surface area contributed by atoms with Crippen LogP contribution in [0.5, 0.6) is 0 Å². The summed E-state index contributed by atoms with van der Waals surface area (Å²) in [4.78, 5) is 1.38. The highest BCUT2D eigenvalue weighted by Gasteiger charge is 1.74. The lowest BCUT2D eigenvalue weighted by Gasteiger charge is -1.65. The molecule has 0 aliphatic carbocycles. The summed E-state index contributed by atoms with van der Waals surface area (Å²) in [5.41, 5.74) is 0. The second-order valence-corrected chi connectivity index (χ2v) is 2.38. The van der Waals surface area contributed by atoms with Crippen molar-refractivity contribution in [2.45, 2.75) is 14.4 Å². The van der Waals surface area contributed by atoms with Crippen molar-refractivity contribution in [1.82, 2.24) is 0 Å². The number of hydrogen-bond donors (Lipinski definition) is 0. The molecule has 40 valence electrons. The normalized spacial score (nSPS) is 7.57. The van der Waals surface area contributed by atoms with Gasteiger partial charge in [0.05, 0.1) is 0 Å². The van der Waals surface area contributed by atoms with E-state index < -0.39 is 0 Å². The van der Waals surface area contributed by atoms with Crippen LogP contribution < -0.4 is 0 Å². The summed E-state index contributed by atoms with van der Waals surface area (Å²) in [5, 5.41) is 2.08. The van der Waals surface area contributed by atoms with Gasteiger partial charge in [-0.05, 0) is 18.4 Å². The minimum absolute atomic E-state index is 0. The first kappa shape index (κ1) is 6.70. The Labute approximate surface area is 48.8 Å². The lowest BCUT2D eigenvalue weighted by molar-refractivity contribution is 1.64. The maximum absolute atomic E-state index is 2.10. The summed E-state index contributed by atoms with van der Waals surface area (Å²) in [6.45, 7) is 2.10. The zero-order valence-electron chi connectivity index (χ0n) is 3.64. The summed E-state index contributed by atoms with van der Waals surface area (Å²) in [5.74, 6) is 0. The van der Waals surface area contributed by atoms with Gasteiger partial charge in [-0.3, -0.25) is 0 Å². The third-order valence-corrected chi connectivity index (χ3v) is 1.46. The van der Waals surface area contributed by atoms with E-state index in [1.807, 2.05) is 0 Å². The van der Waals surface area contributed by atoms with E-state index in [1.54, 1.807) is 11.3 Å². The van der Waals surface area contributed by atoms with Crippen LogP contribution in [0.25, 0.3) is 0 Å². The van der Waals surface area contributed by atoms with Crippen LogP contribution in [-0.4, -0.2) is 0 Å². The highest BCUT2D eigenvalue weighted by Crippen LogP contribution is 2.03. The van der Waals surface area contributed by atoms with Crippen LogP contribution in [0.15, 0.2) is 17.5 Å². The van der Waals surface area contributed by atoms with Crippen molar-refractivity contribution in [3.63, 3.8) is 0 Å². The van der Waals surface area contributed by atoms with E-state index in [-0.39, 0.29) is 7.43 Å². The number of aryl methyl sites for hydroxylation is 1. The van der Waals surface area contributed by atoms with E-state index in [4.69, 9.17) is 0 Å². The summed E-state index contributed by atoms with van der Waals surface area (Å²) in [6.07, 6.45) is 0. The number of thiophene rings is 1. The van der Waals surface area contributed by atoms with Crippen LogP contribution in [0.3, 0.4) is 0 Å². The fourth-order valence-electron chi connectivity index (χ4n) is 0.361. The highest BCUT2D eigenvalue weighted by molar-refractivity contribution is 7.09. The molecule has 0 spiro atoms. The van der Waals surface area contributed by atoms with Crippen LogP contribution >= 0.6 is 11.3 Å². The molecule has 0 atom stereocenters. The zero-order chi connectivity index (χ0) is 4.41. The van der Waals surface area contributed by atoms with Gasteiger partial charge in [-0.1, -0.05) is 13.5 Å². The molecule has 0 N–H and O–H groups in total. The second-order valence-electron chi connectivity index (χ2n) is 1.22. The Morgan fingerprint density at radius 3 is 2.43 bits per heavy atom. The average Bonchev–Trinajstić information content (AvgIpc) is 1.86. The molecular weight excluding hydrogens is 104 g/mol. The number of hydrogen-bond acceptors (Lipinski definition) is 1. The summed E-state index contributed by atoms with van der Waals surface area (Å²) in [7, 11) is 0. The topological polar surface area (TPSA) is 0 Å². The third kappa shape index (κ3) is 1.74. The molecule has 0 fully saturated rings. The maximum atomic E-state index is 2.10. The predicted molar refractivity (Wildman–Crippen MR) is 35.8 cm³/mol. The molecule has 1 heteroatoms. The van der Waals surface area contributed by atoms with Crippen molar-refractivity contribution in [2.24, 2.45) is 0 Å². The Hall–Kier alpha value is -0.300. The van der Waals surface area contributed by atoms with Crippen LogP contribution in [-0.2, 0) is 0 Å². The van der Waals surface area contributed by atoms with Crippen molar-refractivity contribution < 1.29 is 0 Å². The molecule has 1 heterocycles. The molecule has 0 aliphatic rings. The molecular formula is C6H10S. The van der Waals surface area contributed by atoms with Gasteiger partial charge in [-0.25, -0.2) is 0 Å². The fraction of sp³-hybridized carbons (Fsp3) is 0.333. The molecule has 0 amide bonds. The van der Waals surface area contributed by atoms with Crippen LogP contribution in [0.2, 0.25) is 0 Å². The average molecular weight is 114 g/mol. The SMILES string of the molecule is C.Cc1cccs1. The fourth-order valence-corrected chi connectivity index (χ4v) is 0.890. The monoisotopic (exact) mass is 114 g/mol. The van der Waals surface area contributed by atoms with Gasteiger partial charge in [0.15, 0.2) is 0 Å². The van der Waals surface area contributed by atoms with E-state index in [9.17, 15) is 0 Å². The molecule has 0 nitrogen and oxygen atoms in total. The van der Waals surface area contributed by atoms with Gasteiger partial charge in [0, 0.05) is 4.88 Å². The van der Waals surface area contributed by atoms with Crippen molar-refractivity contribution >= 4 is 11.3 Å². The van der Waals surface area contributed by atoms with Gasteiger partial charge in [-0.15, -0.1) is 11.3 Å². The molecule has 7 heavy (non-hydrogen) atoms. The Morgan fingerprint density at radius 1 is 1.57 bits per heavy atom. The van der Waals surface area contributed by atoms with Crippen molar-refractivity contribution in [1.29, 1.82) is 0 Å². The molecule has 0 saturated carbocycles. The largest absolute Gasteiger partial charge is 0.149 e. The quantitative estimate of drug-likeness (QED) is 0.486. The van der Waals surface area contributed by atoms with Gasteiger partial charge in [0.25, 0.3) is 0 Å². The van der Waals surface area contributed by atoms with Gasteiger partial charge in [-0.2, -0.15) is 0 Å². The Bertz CT molecular complexity index is 108. The molecule has 0 aromatic carbocycles. The lowest BCUT2D eigenvalue weighted by Crippen LogP contribution is -1.42. The first-order valence-electron chi connectivity index (χ1n) is 1.90. The molecule has 0 unspecified atom stereocenters. The predicted octanol–water partition coefficient (Wildman–Crippen LogP) is 2.69. The van der Waals surface area contributed by atoms with Crippen LogP contribution in [0, 0.1) is 6.92 Å². The summed E-state index contributed by atoms with van der Waals surface area (Å²) >= 11 is 1.78. The van der Waals surface area contributed by atoms with Gasteiger partial charge in [0.2, 0.25) is 0 Å². The van der Waals surface area contributed by atoms with E-state index in [0.717, 1.165) is 0 Å². The smallest absolute Gasteiger partial charge is 0.00141 e. The van der Waals surface area contributed by atoms with Crippen molar-refractivity contribution in [3.8, 4) is 0 Å². The molecule has 1 aromatic heterocycles. The Kier molecular flexibility index (Phi) is 2.68. The van der Waals surface area contributed by atoms with Gasteiger partial charge >= 0.3 is 0 Å². The molecule has 1 aromatic rings. The minimum atomic E-state index is 0. The van der Waals surface area contributed by atoms with Crippen molar-refractivity contribution in [2.75, 3.05) is 0 Å². The molecule has 0 aliphatic heterocycles. The van der Waals surface area contributed by atoms with E-state index in [0.29, 0.717) is 0 Å². The first-order valence-corrected chi connectivity index (χ1v) is 2.77. The first-order chi connectivity index (χ1) is 2.89. The summed E-state index contributed by atoms with van der Waals surface area (Å²) < 4.78 is 0. The van der Waals surface area contributed by atoms with Gasteiger partial charge in [0.1, 0.15) is 0 Å². The maximum Gasteiger partial charge on any atom is 0.00141 e. The minimum Gasteiger partial charge on any atom is -0.149 e. The number of rotatable bonds is 0. The zero-order valence-corrected chi connectivity index (χ0v) is 4.46.